The fourth-order valence-corrected chi connectivity index (χ4v) is 2.78. The molecule has 1 unspecified atom stereocenters. The standard InChI is InChI=1S/C17H23NO/c1-3-15-10-11-18(4-2)17(19)13-16(15)12-14-8-6-5-7-9-14/h5-9,13,15H,3-4,10-12H2,1-2H3. The van der Waals surface area contributed by atoms with E-state index in [1.807, 2.05) is 17.0 Å². The van der Waals surface area contributed by atoms with E-state index in [9.17, 15) is 4.79 Å². The van der Waals surface area contributed by atoms with Crippen LogP contribution in [0.2, 0.25) is 0 Å². The van der Waals surface area contributed by atoms with Crippen LogP contribution < -0.4 is 0 Å². The van der Waals surface area contributed by atoms with Gasteiger partial charge in [0.15, 0.2) is 0 Å². The Morgan fingerprint density at radius 3 is 2.58 bits per heavy atom. The van der Waals surface area contributed by atoms with E-state index in [1.165, 1.54) is 11.1 Å². The van der Waals surface area contributed by atoms with Crippen LogP contribution in [0.1, 0.15) is 32.3 Å². The molecule has 2 heteroatoms. The van der Waals surface area contributed by atoms with Crippen LogP contribution >= 0.6 is 0 Å². The van der Waals surface area contributed by atoms with Gasteiger partial charge in [-0.15, -0.1) is 0 Å². The highest BCUT2D eigenvalue weighted by molar-refractivity contribution is 5.88. The van der Waals surface area contributed by atoms with E-state index in [1.54, 1.807) is 0 Å². The van der Waals surface area contributed by atoms with E-state index < -0.39 is 0 Å². The van der Waals surface area contributed by atoms with Gasteiger partial charge in [0.25, 0.3) is 0 Å². The van der Waals surface area contributed by atoms with Gasteiger partial charge in [0.2, 0.25) is 5.91 Å². The van der Waals surface area contributed by atoms with Crippen molar-refractivity contribution in [2.75, 3.05) is 13.1 Å². The minimum Gasteiger partial charge on any atom is -0.339 e. The molecule has 0 N–H and O–H groups in total. The first kappa shape index (κ1) is 13.9. The molecule has 0 saturated carbocycles. The van der Waals surface area contributed by atoms with Gasteiger partial charge < -0.3 is 4.90 Å². The van der Waals surface area contributed by atoms with Gasteiger partial charge in [-0.25, -0.2) is 0 Å². The summed E-state index contributed by atoms with van der Waals surface area (Å²) in [6, 6.07) is 10.4. The van der Waals surface area contributed by atoms with Gasteiger partial charge in [-0.05, 0) is 37.7 Å². The molecule has 2 nitrogen and oxygen atoms in total. The molecule has 1 heterocycles. The Bertz CT molecular complexity index is 450. The first-order valence-electron chi connectivity index (χ1n) is 7.27. The summed E-state index contributed by atoms with van der Waals surface area (Å²) in [6.07, 6.45) is 5.00. The van der Waals surface area contributed by atoms with Crippen molar-refractivity contribution in [3.05, 3.63) is 47.5 Å². The second-order valence-electron chi connectivity index (χ2n) is 5.19. The molecule has 0 aliphatic carbocycles. The third-order valence-corrected chi connectivity index (χ3v) is 4.02. The molecule has 102 valence electrons. The van der Waals surface area contributed by atoms with Crippen molar-refractivity contribution in [2.24, 2.45) is 5.92 Å². The molecule has 1 atom stereocenters. The molecule has 1 aromatic rings. The molecular weight excluding hydrogens is 234 g/mol. The molecule has 0 spiro atoms. The molecule has 0 radical (unpaired) electrons. The number of nitrogens with zero attached hydrogens (tertiary/aromatic N) is 1. The number of amides is 1. The Morgan fingerprint density at radius 2 is 1.95 bits per heavy atom. The summed E-state index contributed by atoms with van der Waals surface area (Å²) in [5.41, 5.74) is 2.60. The lowest BCUT2D eigenvalue weighted by Gasteiger charge is -2.19. The Balaban J connectivity index is 2.20. The largest absolute Gasteiger partial charge is 0.339 e. The fraction of sp³-hybridized carbons (Fsp3) is 0.471. The highest BCUT2D eigenvalue weighted by atomic mass is 16.2. The Hall–Kier alpha value is -1.57. The van der Waals surface area contributed by atoms with Crippen LogP contribution in [0, 0.1) is 5.92 Å². The lowest BCUT2D eigenvalue weighted by molar-refractivity contribution is -0.125. The molecule has 0 bridgehead atoms. The van der Waals surface area contributed by atoms with Crippen LogP contribution in [-0.4, -0.2) is 23.9 Å². The van der Waals surface area contributed by atoms with Crippen LogP contribution in [-0.2, 0) is 11.2 Å². The molecule has 2 rings (SSSR count). The normalized spacial score (nSPS) is 20.1. The predicted molar refractivity (Wildman–Crippen MR) is 78.9 cm³/mol. The second kappa shape index (κ2) is 6.55. The van der Waals surface area contributed by atoms with E-state index in [0.717, 1.165) is 32.4 Å². The van der Waals surface area contributed by atoms with E-state index in [2.05, 4.69) is 38.1 Å². The van der Waals surface area contributed by atoms with Crippen molar-refractivity contribution in [1.82, 2.24) is 4.90 Å². The number of carbonyl (C=O) groups excluding carboxylic acids is 1. The van der Waals surface area contributed by atoms with Crippen LogP contribution in [0.15, 0.2) is 42.0 Å². The van der Waals surface area contributed by atoms with Crippen LogP contribution in [0.4, 0.5) is 0 Å². The van der Waals surface area contributed by atoms with E-state index in [4.69, 9.17) is 0 Å². The molecule has 1 aliphatic rings. The van der Waals surface area contributed by atoms with Gasteiger partial charge in [-0.1, -0.05) is 42.8 Å². The third kappa shape index (κ3) is 3.46. The first-order valence-corrected chi connectivity index (χ1v) is 7.27. The third-order valence-electron chi connectivity index (χ3n) is 4.02. The number of allylic oxidation sites excluding steroid dienone is 1. The summed E-state index contributed by atoms with van der Waals surface area (Å²) < 4.78 is 0. The maximum absolute atomic E-state index is 12.2. The average molecular weight is 257 g/mol. The zero-order valence-corrected chi connectivity index (χ0v) is 11.9. The van der Waals surface area contributed by atoms with E-state index in [-0.39, 0.29) is 5.91 Å². The van der Waals surface area contributed by atoms with Gasteiger partial charge in [-0.2, -0.15) is 0 Å². The fourth-order valence-electron chi connectivity index (χ4n) is 2.78. The molecular formula is C17H23NO. The highest BCUT2D eigenvalue weighted by Gasteiger charge is 2.21. The van der Waals surface area contributed by atoms with Gasteiger partial charge >= 0.3 is 0 Å². The minimum atomic E-state index is 0.185. The SMILES string of the molecule is CCC1CCN(CC)C(=O)C=C1Cc1ccccc1. The van der Waals surface area contributed by atoms with Crippen molar-refractivity contribution >= 4 is 5.91 Å². The molecule has 1 aliphatic heterocycles. The summed E-state index contributed by atoms with van der Waals surface area (Å²) in [4.78, 5) is 14.1. The Kier molecular flexibility index (Phi) is 4.78. The molecule has 0 fully saturated rings. The maximum Gasteiger partial charge on any atom is 0.246 e. The highest BCUT2D eigenvalue weighted by Crippen LogP contribution is 2.26. The Morgan fingerprint density at radius 1 is 1.21 bits per heavy atom. The lowest BCUT2D eigenvalue weighted by Crippen LogP contribution is -2.29. The number of rotatable bonds is 4. The number of carbonyl (C=O) groups is 1. The summed E-state index contributed by atoms with van der Waals surface area (Å²) in [5, 5.41) is 0. The van der Waals surface area contributed by atoms with Gasteiger partial charge in [0, 0.05) is 19.2 Å². The zero-order chi connectivity index (χ0) is 13.7. The number of benzene rings is 1. The van der Waals surface area contributed by atoms with Gasteiger partial charge in [0.1, 0.15) is 0 Å². The summed E-state index contributed by atoms with van der Waals surface area (Å²) >= 11 is 0. The van der Waals surface area contributed by atoms with Crippen LogP contribution in [0.5, 0.6) is 0 Å². The van der Waals surface area contributed by atoms with E-state index >= 15 is 0 Å². The van der Waals surface area contributed by atoms with Crippen molar-refractivity contribution < 1.29 is 4.79 Å². The molecule has 19 heavy (non-hydrogen) atoms. The monoisotopic (exact) mass is 257 g/mol. The van der Waals surface area contributed by atoms with Gasteiger partial charge in [0.05, 0.1) is 0 Å². The van der Waals surface area contributed by atoms with Gasteiger partial charge in [-0.3, -0.25) is 4.79 Å². The quantitative estimate of drug-likeness (QED) is 0.809. The molecule has 0 saturated heterocycles. The van der Waals surface area contributed by atoms with E-state index in [0.29, 0.717) is 5.92 Å². The van der Waals surface area contributed by atoms with Crippen LogP contribution in [0.3, 0.4) is 0 Å². The molecule has 0 aromatic heterocycles. The summed E-state index contributed by atoms with van der Waals surface area (Å²) in [5.74, 6) is 0.727. The van der Waals surface area contributed by atoms with Crippen molar-refractivity contribution in [1.29, 1.82) is 0 Å². The molecule has 1 aromatic carbocycles. The Labute approximate surface area is 116 Å². The molecule has 1 amide bonds. The lowest BCUT2D eigenvalue weighted by atomic mass is 9.89. The van der Waals surface area contributed by atoms with Crippen LogP contribution in [0.25, 0.3) is 0 Å². The predicted octanol–water partition coefficient (Wildman–Crippen LogP) is 3.43. The van der Waals surface area contributed by atoms with Crippen molar-refractivity contribution in [2.45, 2.75) is 33.1 Å². The topological polar surface area (TPSA) is 20.3 Å². The zero-order valence-electron chi connectivity index (χ0n) is 11.9. The number of hydrogen-bond acceptors (Lipinski definition) is 1. The summed E-state index contributed by atoms with van der Waals surface area (Å²) in [6.45, 7) is 5.97. The van der Waals surface area contributed by atoms with Crippen molar-refractivity contribution in [3.63, 3.8) is 0 Å². The minimum absolute atomic E-state index is 0.185. The number of likely N-dealkylation sites (N-methyl/N-ethyl adjacent to an activating group) is 1. The second-order valence-corrected chi connectivity index (χ2v) is 5.19. The first-order chi connectivity index (χ1) is 9.24. The number of hydrogen-bond donors (Lipinski definition) is 0. The van der Waals surface area contributed by atoms with Crippen molar-refractivity contribution in [3.8, 4) is 0 Å². The summed E-state index contributed by atoms with van der Waals surface area (Å²) in [7, 11) is 0. The average Bonchev–Trinajstić information content (AvgIpc) is 2.58. The maximum atomic E-state index is 12.2. The smallest absolute Gasteiger partial charge is 0.246 e.